The number of rotatable bonds is 12. The molecule has 192 valence electrons. The molecule has 0 saturated carbocycles. The van der Waals surface area contributed by atoms with Crippen LogP contribution in [0.25, 0.3) is 0 Å². The van der Waals surface area contributed by atoms with Crippen LogP contribution in [-0.4, -0.2) is 50.0 Å². The smallest absolute Gasteiger partial charge is 0.242 e. The zero-order valence-electron chi connectivity index (χ0n) is 21.7. The molecule has 1 N–H and O–H groups in total. The van der Waals surface area contributed by atoms with Gasteiger partial charge in [-0.25, -0.2) is 8.42 Å². The van der Waals surface area contributed by atoms with Crippen molar-refractivity contribution >= 4 is 27.5 Å². The van der Waals surface area contributed by atoms with Crippen LogP contribution in [0.4, 0.5) is 5.69 Å². The predicted molar refractivity (Wildman–Crippen MR) is 142 cm³/mol. The second-order valence-electron chi connectivity index (χ2n) is 9.28. The summed E-state index contributed by atoms with van der Waals surface area (Å²) in [7, 11) is -3.50. The second kappa shape index (κ2) is 12.7. The SMILES string of the molecule is CC[C@@H](C)NC(=O)[C@H](C)N(Cc1cccc(C)c1)C(=O)CCCN(c1ccc(C)cc1)S(C)(=O)=O. The van der Waals surface area contributed by atoms with Gasteiger partial charge in [-0.1, -0.05) is 54.4 Å². The fourth-order valence-corrected chi connectivity index (χ4v) is 4.74. The first kappa shape index (κ1) is 28.4. The van der Waals surface area contributed by atoms with E-state index in [1.807, 2.05) is 64.1 Å². The molecule has 2 rings (SSSR count). The third-order valence-corrected chi connectivity index (χ3v) is 7.27. The molecule has 0 aromatic heterocycles. The van der Waals surface area contributed by atoms with E-state index < -0.39 is 16.1 Å². The van der Waals surface area contributed by atoms with Crippen LogP contribution in [0.1, 0.15) is 56.7 Å². The van der Waals surface area contributed by atoms with Crippen molar-refractivity contribution in [3.63, 3.8) is 0 Å². The number of anilines is 1. The summed E-state index contributed by atoms with van der Waals surface area (Å²) >= 11 is 0. The maximum atomic E-state index is 13.3. The number of amides is 2. The molecule has 2 atom stereocenters. The van der Waals surface area contributed by atoms with E-state index in [0.29, 0.717) is 18.7 Å². The lowest BCUT2D eigenvalue weighted by Gasteiger charge is -2.30. The van der Waals surface area contributed by atoms with Gasteiger partial charge >= 0.3 is 0 Å². The van der Waals surface area contributed by atoms with Gasteiger partial charge < -0.3 is 10.2 Å². The maximum absolute atomic E-state index is 13.3. The molecule has 0 aliphatic heterocycles. The molecule has 0 aliphatic rings. The third-order valence-electron chi connectivity index (χ3n) is 6.08. The van der Waals surface area contributed by atoms with Crippen LogP contribution >= 0.6 is 0 Å². The molecule has 0 fully saturated rings. The zero-order chi connectivity index (χ0) is 26.2. The molecule has 2 aromatic rings. The van der Waals surface area contributed by atoms with Crippen molar-refractivity contribution in [2.45, 2.75) is 72.5 Å². The molecule has 0 unspecified atom stereocenters. The molecule has 0 spiro atoms. The van der Waals surface area contributed by atoms with Crippen molar-refractivity contribution in [3.05, 3.63) is 65.2 Å². The fourth-order valence-electron chi connectivity index (χ4n) is 3.77. The van der Waals surface area contributed by atoms with Crippen LogP contribution < -0.4 is 9.62 Å². The number of carbonyl (C=O) groups is 2. The highest BCUT2D eigenvalue weighted by molar-refractivity contribution is 7.92. The van der Waals surface area contributed by atoms with Gasteiger partial charge in [0.1, 0.15) is 6.04 Å². The minimum Gasteiger partial charge on any atom is -0.352 e. The molecule has 2 aromatic carbocycles. The summed E-state index contributed by atoms with van der Waals surface area (Å²) in [4.78, 5) is 27.8. The standard InChI is InChI=1S/C27H39N3O4S/c1-7-22(4)28-27(32)23(5)29(19-24-11-8-10-21(3)18-24)26(31)12-9-17-30(35(6,33)34)25-15-13-20(2)14-16-25/h8,10-11,13-16,18,22-23H,7,9,12,17,19H2,1-6H3,(H,28,32)/t22-,23+/m1/s1. The van der Waals surface area contributed by atoms with Crippen molar-refractivity contribution in [1.29, 1.82) is 0 Å². The topological polar surface area (TPSA) is 86.8 Å². The summed E-state index contributed by atoms with van der Waals surface area (Å²) in [5.74, 6) is -0.381. The Balaban J connectivity index is 2.16. The quantitative estimate of drug-likeness (QED) is 0.473. The maximum Gasteiger partial charge on any atom is 0.242 e. The Kier molecular flexibility index (Phi) is 10.3. The highest BCUT2D eigenvalue weighted by Crippen LogP contribution is 2.20. The van der Waals surface area contributed by atoms with E-state index in [9.17, 15) is 18.0 Å². The van der Waals surface area contributed by atoms with Gasteiger partial charge in [0, 0.05) is 25.6 Å². The van der Waals surface area contributed by atoms with Gasteiger partial charge in [0.05, 0.1) is 11.9 Å². The summed E-state index contributed by atoms with van der Waals surface area (Å²) < 4.78 is 26.1. The van der Waals surface area contributed by atoms with Gasteiger partial charge in [0.25, 0.3) is 0 Å². The van der Waals surface area contributed by atoms with Crippen molar-refractivity contribution in [2.24, 2.45) is 0 Å². The Morgan fingerprint density at radius 3 is 2.23 bits per heavy atom. The molecule has 35 heavy (non-hydrogen) atoms. The first-order valence-electron chi connectivity index (χ1n) is 12.1. The van der Waals surface area contributed by atoms with E-state index in [1.165, 1.54) is 10.6 Å². The minimum atomic E-state index is -3.50. The van der Waals surface area contributed by atoms with Crippen LogP contribution in [0.2, 0.25) is 0 Å². The molecular weight excluding hydrogens is 462 g/mol. The summed E-state index contributed by atoms with van der Waals surface area (Å²) in [6.07, 6.45) is 2.43. The number of aryl methyl sites for hydroxylation is 2. The Hall–Kier alpha value is -2.87. The minimum absolute atomic E-state index is 0.0127. The summed E-state index contributed by atoms with van der Waals surface area (Å²) in [5, 5.41) is 2.96. The number of hydrogen-bond acceptors (Lipinski definition) is 4. The van der Waals surface area contributed by atoms with Crippen LogP contribution in [0, 0.1) is 13.8 Å². The largest absolute Gasteiger partial charge is 0.352 e. The average Bonchev–Trinajstić information content (AvgIpc) is 2.79. The van der Waals surface area contributed by atoms with E-state index in [-0.39, 0.29) is 30.8 Å². The molecule has 7 nitrogen and oxygen atoms in total. The van der Waals surface area contributed by atoms with Gasteiger partial charge in [0.2, 0.25) is 21.8 Å². The summed E-state index contributed by atoms with van der Waals surface area (Å²) in [6.45, 7) is 10.1. The van der Waals surface area contributed by atoms with Crippen LogP contribution in [0.5, 0.6) is 0 Å². The van der Waals surface area contributed by atoms with E-state index >= 15 is 0 Å². The number of sulfonamides is 1. The lowest BCUT2D eigenvalue weighted by molar-refractivity contribution is -0.140. The summed E-state index contributed by atoms with van der Waals surface area (Å²) in [5.41, 5.74) is 3.63. The molecule has 0 aliphatic carbocycles. The lowest BCUT2D eigenvalue weighted by Crippen LogP contribution is -2.49. The fraction of sp³-hybridized carbons (Fsp3) is 0.481. The molecule has 0 bridgehead atoms. The highest BCUT2D eigenvalue weighted by atomic mass is 32.2. The molecule has 2 amide bonds. The predicted octanol–water partition coefficient (Wildman–Crippen LogP) is 4.18. The highest BCUT2D eigenvalue weighted by Gasteiger charge is 2.27. The van der Waals surface area contributed by atoms with Crippen LogP contribution in [0.3, 0.4) is 0 Å². The number of benzene rings is 2. The Labute approximate surface area is 210 Å². The Bertz CT molecular complexity index is 1100. The monoisotopic (exact) mass is 501 g/mol. The zero-order valence-corrected chi connectivity index (χ0v) is 22.6. The van der Waals surface area contributed by atoms with E-state index in [0.717, 1.165) is 23.1 Å². The Morgan fingerprint density at radius 1 is 1.00 bits per heavy atom. The lowest BCUT2D eigenvalue weighted by atomic mass is 10.1. The molecule has 0 heterocycles. The van der Waals surface area contributed by atoms with Crippen LogP contribution in [0.15, 0.2) is 48.5 Å². The van der Waals surface area contributed by atoms with Crippen LogP contribution in [-0.2, 0) is 26.2 Å². The molecular formula is C27H39N3O4S. The van der Waals surface area contributed by atoms with E-state index in [4.69, 9.17) is 0 Å². The van der Waals surface area contributed by atoms with Crippen molar-refractivity contribution < 1.29 is 18.0 Å². The Morgan fingerprint density at radius 2 is 1.66 bits per heavy atom. The van der Waals surface area contributed by atoms with Gasteiger partial charge in [-0.3, -0.25) is 13.9 Å². The first-order valence-corrected chi connectivity index (χ1v) is 14.0. The van der Waals surface area contributed by atoms with Gasteiger partial charge in [-0.05, 0) is 58.2 Å². The van der Waals surface area contributed by atoms with E-state index in [1.54, 1.807) is 24.0 Å². The number of nitrogens with one attached hydrogen (secondary N) is 1. The van der Waals surface area contributed by atoms with Gasteiger partial charge in [-0.2, -0.15) is 0 Å². The number of nitrogens with zero attached hydrogens (tertiary/aromatic N) is 2. The first-order chi connectivity index (χ1) is 16.4. The van der Waals surface area contributed by atoms with Crippen molar-refractivity contribution in [1.82, 2.24) is 10.2 Å². The molecule has 0 saturated heterocycles. The normalized spacial score (nSPS) is 13.1. The molecule has 8 heteroatoms. The average molecular weight is 502 g/mol. The van der Waals surface area contributed by atoms with Crippen molar-refractivity contribution in [2.75, 3.05) is 17.1 Å². The number of carbonyl (C=O) groups excluding carboxylic acids is 2. The van der Waals surface area contributed by atoms with Crippen molar-refractivity contribution in [3.8, 4) is 0 Å². The third kappa shape index (κ3) is 8.69. The van der Waals surface area contributed by atoms with E-state index in [2.05, 4.69) is 5.32 Å². The van der Waals surface area contributed by atoms with Gasteiger partial charge in [0.15, 0.2) is 0 Å². The van der Waals surface area contributed by atoms with Gasteiger partial charge in [-0.15, -0.1) is 0 Å². The summed E-state index contributed by atoms with van der Waals surface area (Å²) in [6, 6.07) is 14.5. The molecule has 0 radical (unpaired) electrons. The number of hydrogen-bond donors (Lipinski definition) is 1. The second-order valence-corrected chi connectivity index (χ2v) is 11.2.